The Balaban J connectivity index is 2.02. The molecule has 3 rings (SSSR count). The first-order valence-electron chi connectivity index (χ1n) is 6.22. The van der Waals surface area contributed by atoms with Crippen LogP contribution in [-0.2, 0) is 0 Å². The van der Waals surface area contributed by atoms with Crippen molar-refractivity contribution in [1.82, 2.24) is 0 Å². The van der Waals surface area contributed by atoms with Crippen LogP contribution in [0.2, 0.25) is 0 Å². The van der Waals surface area contributed by atoms with E-state index in [1.807, 2.05) is 0 Å². The number of halogens is 1. The van der Waals surface area contributed by atoms with Gasteiger partial charge in [0.25, 0.3) is 0 Å². The highest BCUT2D eigenvalue weighted by atomic mass is 79.9. The van der Waals surface area contributed by atoms with Crippen molar-refractivity contribution in [3.63, 3.8) is 0 Å². The first-order chi connectivity index (χ1) is 9.97. The number of ketones is 1. The van der Waals surface area contributed by atoms with Crippen LogP contribution in [0.1, 0.15) is 21.5 Å². The number of carbonyl (C=O) groups is 1. The molecule has 0 saturated carbocycles. The summed E-state index contributed by atoms with van der Waals surface area (Å²) < 4.78 is 6.11. The SMILES string of the molecule is Cc1c(O)ccc2c1O/C(=C\c1ccc(O)c(Br)c1)C2=O. The van der Waals surface area contributed by atoms with Gasteiger partial charge in [0.15, 0.2) is 5.76 Å². The van der Waals surface area contributed by atoms with Gasteiger partial charge in [-0.25, -0.2) is 0 Å². The number of allylic oxidation sites excluding steroid dienone is 1. The quantitative estimate of drug-likeness (QED) is 0.771. The van der Waals surface area contributed by atoms with E-state index in [2.05, 4.69) is 15.9 Å². The second kappa shape index (κ2) is 4.93. The van der Waals surface area contributed by atoms with Crippen molar-refractivity contribution in [2.75, 3.05) is 0 Å². The average Bonchev–Trinajstić information content (AvgIpc) is 2.76. The fraction of sp³-hybridized carbons (Fsp3) is 0.0625. The normalized spacial score (nSPS) is 15.1. The molecule has 0 radical (unpaired) electrons. The fourth-order valence-electron chi connectivity index (χ4n) is 2.14. The molecular formula is C16H11BrO4. The standard InChI is InChI=1S/C16H11BrO4/c1-8-12(18)5-3-10-15(20)14(21-16(8)10)7-9-2-4-13(19)11(17)6-9/h2-7,18-19H,1H3/b14-7-. The third-order valence-electron chi connectivity index (χ3n) is 3.33. The first kappa shape index (κ1) is 13.7. The van der Waals surface area contributed by atoms with E-state index in [9.17, 15) is 15.0 Å². The Morgan fingerprint density at radius 1 is 1.14 bits per heavy atom. The minimum absolute atomic E-state index is 0.0928. The van der Waals surface area contributed by atoms with Crippen LogP contribution in [0.5, 0.6) is 17.2 Å². The zero-order valence-corrected chi connectivity index (χ0v) is 12.6. The molecule has 2 aromatic carbocycles. The molecule has 0 unspecified atom stereocenters. The van der Waals surface area contributed by atoms with Crippen LogP contribution in [0.15, 0.2) is 40.6 Å². The number of ether oxygens (including phenoxy) is 1. The Morgan fingerprint density at radius 3 is 2.57 bits per heavy atom. The summed E-state index contributed by atoms with van der Waals surface area (Å²) in [5.74, 6) is 0.577. The summed E-state index contributed by atoms with van der Waals surface area (Å²) in [6.07, 6.45) is 1.60. The molecule has 0 saturated heterocycles. The molecule has 0 fully saturated rings. The number of phenols is 2. The summed E-state index contributed by atoms with van der Waals surface area (Å²) in [7, 11) is 0. The molecule has 0 aliphatic carbocycles. The lowest BCUT2D eigenvalue weighted by Crippen LogP contribution is -1.97. The molecule has 0 aromatic heterocycles. The van der Waals surface area contributed by atoms with E-state index in [-0.39, 0.29) is 23.0 Å². The molecule has 0 bridgehead atoms. The monoisotopic (exact) mass is 346 g/mol. The Labute approximate surface area is 129 Å². The Hall–Kier alpha value is -2.27. The lowest BCUT2D eigenvalue weighted by atomic mass is 10.1. The molecule has 1 aliphatic rings. The Bertz CT molecular complexity index is 793. The number of carbonyl (C=O) groups excluding carboxylic acids is 1. The van der Waals surface area contributed by atoms with Crippen molar-refractivity contribution in [2.24, 2.45) is 0 Å². The van der Waals surface area contributed by atoms with Gasteiger partial charge in [0, 0.05) is 5.56 Å². The summed E-state index contributed by atoms with van der Waals surface area (Å²) in [5, 5.41) is 19.1. The molecule has 2 aromatic rings. The molecule has 21 heavy (non-hydrogen) atoms. The van der Waals surface area contributed by atoms with Crippen molar-refractivity contribution in [2.45, 2.75) is 6.92 Å². The largest absolute Gasteiger partial charge is 0.508 e. The van der Waals surface area contributed by atoms with E-state index < -0.39 is 0 Å². The maximum Gasteiger partial charge on any atom is 0.231 e. The van der Waals surface area contributed by atoms with Crippen LogP contribution in [-0.4, -0.2) is 16.0 Å². The predicted octanol–water partition coefficient (Wildman–Crippen LogP) is 3.78. The minimum atomic E-state index is -0.225. The Kier molecular flexibility index (Phi) is 3.22. The molecule has 1 aliphatic heterocycles. The van der Waals surface area contributed by atoms with E-state index in [1.165, 1.54) is 12.1 Å². The zero-order chi connectivity index (χ0) is 15.1. The molecule has 5 heteroatoms. The lowest BCUT2D eigenvalue weighted by molar-refractivity contribution is 0.101. The van der Waals surface area contributed by atoms with Crippen LogP contribution < -0.4 is 4.74 Å². The zero-order valence-electron chi connectivity index (χ0n) is 11.1. The van der Waals surface area contributed by atoms with Gasteiger partial charge in [0.2, 0.25) is 5.78 Å². The number of rotatable bonds is 1. The van der Waals surface area contributed by atoms with E-state index in [0.29, 0.717) is 21.3 Å². The maximum absolute atomic E-state index is 12.3. The highest BCUT2D eigenvalue weighted by Gasteiger charge is 2.29. The number of benzene rings is 2. The van der Waals surface area contributed by atoms with E-state index in [1.54, 1.807) is 31.2 Å². The van der Waals surface area contributed by atoms with E-state index in [0.717, 1.165) is 5.56 Å². The molecular weight excluding hydrogens is 336 g/mol. The van der Waals surface area contributed by atoms with E-state index in [4.69, 9.17) is 4.74 Å². The molecule has 106 valence electrons. The van der Waals surface area contributed by atoms with Gasteiger partial charge in [-0.3, -0.25) is 4.79 Å². The third-order valence-corrected chi connectivity index (χ3v) is 3.96. The summed E-state index contributed by atoms with van der Waals surface area (Å²) in [6.45, 7) is 1.70. The van der Waals surface area contributed by atoms with Gasteiger partial charge in [0.1, 0.15) is 17.2 Å². The molecule has 0 amide bonds. The summed E-state index contributed by atoms with van der Waals surface area (Å²) in [6, 6.07) is 7.92. The molecule has 0 spiro atoms. The van der Waals surface area contributed by atoms with Crippen molar-refractivity contribution in [3.05, 3.63) is 57.3 Å². The van der Waals surface area contributed by atoms with Gasteiger partial charge in [-0.05, 0) is 58.8 Å². The number of Topliss-reactive ketones (excluding diaryl/α,β-unsaturated/α-hetero) is 1. The number of aromatic hydroxyl groups is 2. The summed E-state index contributed by atoms with van der Waals surface area (Å²) in [5.41, 5.74) is 1.70. The number of phenolic OH excluding ortho intramolecular Hbond substituents is 2. The van der Waals surface area contributed by atoms with Crippen LogP contribution in [0.4, 0.5) is 0 Å². The number of hydrogen-bond acceptors (Lipinski definition) is 4. The fourth-order valence-corrected chi connectivity index (χ4v) is 2.54. The van der Waals surface area contributed by atoms with Crippen LogP contribution >= 0.6 is 15.9 Å². The summed E-state index contributed by atoms with van der Waals surface area (Å²) >= 11 is 3.22. The van der Waals surface area contributed by atoms with Crippen LogP contribution in [0.25, 0.3) is 6.08 Å². The third kappa shape index (κ3) is 2.29. The number of hydrogen-bond donors (Lipinski definition) is 2. The van der Waals surface area contributed by atoms with Crippen LogP contribution in [0, 0.1) is 6.92 Å². The van der Waals surface area contributed by atoms with Crippen molar-refractivity contribution >= 4 is 27.8 Å². The molecule has 2 N–H and O–H groups in total. The molecule has 4 nitrogen and oxygen atoms in total. The van der Waals surface area contributed by atoms with Crippen LogP contribution in [0.3, 0.4) is 0 Å². The van der Waals surface area contributed by atoms with Crippen molar-refractivity contribution < 1.29 is 19.7 Å². The van der Waals surface area contributed by atoms with Gasteiger partial charge in [-0.2, -0.15) is 0 Å². The number of fused-ring (bicyclic) bond motifs is 1. The van der Waals surface area contributed by atoms with Crippen molar-refractivity contribution in [1.29, 1.82) is 0 Å². The van der Waals surface area contributed by atoms with Gasteiger partial charge >= 0.3 is 0 Å². The average molecular weight is 347 g/mol. The van der Waals surface area contributed by atoms with Gasteiger partial charge in [-0.15, -0.1) is 0 Å². The maximum atomic E-state index is 12.3. The van der Waals surface area contributed by atoms with Crippen molar-refractivity contribution in [3.8, 4) is 17.2 Å². The highest BCUT2D eigenvalue weighted by Crippen LogP contribution is 2.38. The van der Waals surface area contributed by atoms with Gasteiger partial charge in [0.05, 0.1) is 10.0 Å². The first-order valence-corrected chi connectivity index (χ1v) is 7.02. The second-order valence-electron chi connectivity index (χ2n) is 4.74. The highest BCUT2D eigenvalue weighted by molar-refractivity contribution is 9.10. The summed E-state index contributed by atoms with van der Waals surface area (Å²) in [4.78, 5) is 12.3. The van der Waals surface area contributed by atoms with Gasteiger partial charge < -0.3 is 14.9 Å². The lowest BCUT2D eigenvalue weighted by Gasteiger charge is -2.04. The molecule has 0 atom stereocenters. The van der Waals surface area contributed by atoms with Gasteiger partial charge in [-0.1, -0.05) is 6.07 Å². The minimum Gasteiger partial charge on any atom is -0.508 e. The topological polar surface area (TPSA) is 66.8 Å². The van der Waals surface area contributed by atoms with E-state index >= 15 is 0 Å². The predicted molar refractivity (Wildman–Crippen MR) is 81.6 cm³/mol. The smallest absolute Gasteiger partial charge is 0.231 e. The Morgan fingerprint density at radius 2 is 1.86 bits per heavy atom. The molecule has 1 heterocycles. The second-order valence-corrected chi connectivity index (χ2v) is 5.59.